The highest BCUT2D eigenvalue weighted by molar-refractivity contribution is 7.07. The molecule has 1 atom stereocenters. The number of nitrogens with zero attached hydrogens (tertiary/aromatic N) is 1. The van der Waals surface area contributed by atoms with Crippen molar-refractivity contribution in [2.45, 2.75) is 19.8 Å². The fraction of sp³-hybridized carbons (Fsp3) is 0.227. The third-order valence-corrected chi connectivity index (χ3v) is 5.89. The van der Waals surface area contributed by atoms with Gasteiger partial charge in [0.05, 0.1) is 47.3 Å². The van der Waals surface area contributed by atoms with E-state index in [1.807, 2.05) is 0 Å². The van der Waals surface area contributed by atoms with E-state index in [0.717, 1.165) is 15.9 Å². The zero-order chi connectivity index (χ0) is 22.8. The Balaban J connectivity index is 2.11. The minimum Gasteiger partial charge on any atom is -0.468 e. The monoisotopic (exact) mass is 456 g/mol. The molecule has 3 aromatic heterocycles. The van der Waals surface area contributed by atoms with Crippen LogP contribution in [0.2, 0.25) is 0 Å². The van der Waals surface area contributed by atoms with Crippen molar-refractivity contribution in [2.75, 3.05) is 13.2 Å². The van der Waals surface area contributed by atoms with Gasteiger partial charge in [-0.25, -0.2) is 9.59 Å². The maximum Gasteiger partial charge on any atom is 0.338 e. The molecule has 1 aliphatic rings. The lowest BCUT2D eigenvalue weighted by Gasteiger charge is -2.25. The molecule has 0 unspecified atom stereocenters. The molecule has 0 saturated carbocycles. The van der Waals surface area contributed by atoms with Gasteiger partial charge in [0.1, 0.15) is 22.0 Å². The van der Waals surface area contributed by atoms with E-state index >= 15 is 0 Å². The number of nitrogens with two attached hydrogens (primary N) is 1. The molecule has 9 nitrogen and oxygen atoms in total. The Labute approximate surface area is 185 Å². The van der Waals surface area contributed by atoms with Gasteiger partial charge in [-0.2, -0.15) is 0 Å². The van der Waals surface area contributed by atoms with Gasteiger partial charge in [0.25, 0.3) is 5.56 Å². The van der Waals surface area contributed by atoms with Crippen molar-refractivity contribution in [3.05, 3.63) is 73.4 Å². The number of hydrogen-bond donors (Lipinski definition) is 1. The molecule has 166 valence electrons. The first-order valence-corrected chi connectivity index (χ1v) is 10.7. The minimum absolute atomic E-state index is 0.0678. The minimum atomic E-state index is -1.00. The maximum absolute atomic E-state index is 13.2. The van der Waals surface area contributed by atoms with Crippen molar-refractivity contribution in [1.82, 2.24) is 4.57 Å². The van der Waals surface area contributed by atoms with Crippen LogP contribution in [0.4, 0.5) is 0 Å². The maximum atomic E-state index is 13.2. The van der Waals surface area contributed by atoms with Crippen molar-refractivity contribution in [1.29, 1.82) is 0 Å². The second-order valence-corrected chi connectivity index (χ2v) is 7.70. The Hall–Kier alpha value is -3.79. The van der Waals surface area contributed by atoms with Crippen LogP contribution in [-0.4, -0.2) is 29.7 Å². The van der Waals surface area contributed by atoms with Gasteiger partial charge in [-0.15, -0.1) is 11.3 Å². The smallest absolute Gasteiger partial charge is 0.338 e. The molecule has 0 aromatic carbocycles. The van der Waals surface area contributed by atoms with E-state index in [1.54, 1.807) is 44.2 Å². The van der Waals surface area contributed by atoms with Gasteiger partial charge < -0.3 is 24.0 Å². The zero-order valence-electron chi connectivity index (χ0n) is 17.3. The third-order valence-electron chi connectivity index (χ3n) is 4.78. The highest BCUT2D eigenvalue weighted by Gasteiger charge is 2.41. The van der Waals surface area contributed by atoms with Crippen LogP contribution in [0.5, 0.6) is 0 Å². The van der Waals surface area contributed by atoms with Gasteiger partial charge in [-0.05, 0) is 38.1 Å². The lowest BCUT2D eigenvalue weighted by atomic mass is 9.87. The summed E-state index contributed by atoms with van der Waals surface area (Å²) in [5.74, 6) is -1.83. The summed E-state index contributed by atoms with van der Waals surface area (Å²) in [7, 11) is 0. The largest absolute Gasteiger partial charge is 0.468 e. The molecular weight excluding hydrogens is 436 g/mol. The fourth-order valence-corrected chi connectivity index (χ4v) is 4.65. The Morgan fingerprint density at radius 1 is 1.09 bits per heavy atom. The molecule has 0 radical (unpaired) electrons. The number of rotatable bonds is 6. The Bertz CT molecular complexity index is 1360. The molecule has 1 aliphatic heterocycles. The van der Waals surface area contributed by atoms with E-state index in [9.17, 15) is 14.4 Å². The fourth-order valence-electron chi connectivity index (χ4n) is 3.51. The molecule has 0 aliphatic carbocycles. The van der Waals surface area contributed by atoms with Gasteiger partial charge in [-0.1, -0.05) is 0 Å². The van der Waals surface area contributed by atoms with Crippen molar-refractivity contribution >= 4 is 40.7 Å². The van der Waals surface area contributed by atoms with Crippen molar-refractivity contribution in [2.24, 2.45) is 5.73 Å². The van der Waals surface area contributed by atoms with Crippen LogP contribution in [0.1, 0.15) is 31.3 Å². The molecule has 10 heteroatoms. The Kier molecular flexibility index (Phi) is 5.87. The average molecular weight is 456 g/mol. The van der Waals surface area contributed by atoms with Crippen LogP contribution in [0.3, 0.4) is 0 Å². The van der Waals surface area contributed by atoms with Gasteiger partial charge in [0.15, 0.2) is 0 Å². The molecule has 4 rings (SSSR count). The third kappa shape index (κ3) is 3.58. The lowest BCUT2D eigenvalue weighted by molar-refractivity contribution is -0.138. The van der Waals surface area contributed by atoms with Crippen molar-refractivity contribution in [3.63, 3.8) is 0 Å². The number of carbonyl (C=O) groups is 2. The van der Waals surface area contributed by atoms with E-state index in [-0.39, 0.29) is 39.4 Å². The predicted molar refractivity (Wildman–Crippen MR) is 116 cm³/mol. The van der Waals surface area contributed by atoms with Crippen LogP contribution in [0.25, 0.3) is 17.5 Å². The lowest BCUT2D eigenvalue weighted by Crippen LogP contribution is -2.41. The molecule has 0 bridgehead atoms. The molecule has 0 amide bonds. The highest BCUT2D eigenvalue weighted by atomic mass is 32.1. The molecule has 0 saturated heterocycles. The van der Waals surface area contributed by atoms with Gasteiger partial charge >= 0.3 is 11.9 Å². The average Bonchev–Trinajstić information content (AvgIpc) is 3.51. The van der Waals surface area contributed by atoms with Crippen LogP contribution in [0.15, 0.2) is 56.0 Å². The number of furan rings is 2. The van der Waals surface area contributed by atoms with E-state index in [1.165, 1.54) is 12.5 Å². The van der Waals surface area contributed by atoms with Crippen molar-refractivity contribution in [3.8, 4) is 0 Å². The first-order chi connectivity index (χ1) is 15.5. The molecule has 2 N–H and O–H groups in total. The zero-order valence-corrected chi connectivity index (χ0v) is 18.1. The normalized spacial score (nSPS) is 16.2. The SMILES string of the molecule is CCOC(=O)C1=C(N)n2c(sc(=Cc3ccco3)c2=O)=C(C(=O)OCC)[C@H]1c1ccco1. The predicted octanol–water partition coefficient (Wildman–Crippen LogP) is 1.13. The summed E-state index contributed by atoms with van der Waals surface area (Å²) in [6.07, 6.45) is 4.44. The van der Waals surface area contributed by atoms with Gasteiger partial charge in [0, 0.05) is 6.08 Å². The number of thiazole rings is 1. The molecule has 0 fully saturated rings. The van der Waals surface area contributed by atoms with Crippen LogP contribution < -0.4 is 20.5 Å². The Morgan fingerprint density at radius 3 is 2.34 bits per heavy atom. The topological polar surface area (TPSA) is 127 Å². The van der Waals surface area contributed by atoms with Crippen molar-refractivity contribution < 1.29 is 27.9 Å². The van der Waals surface area contributed by atoms with E-state index < -0.39 is 23.4 Å². The van der Waals surface area contributed by atoms with Crippen LogP contribution in [-0.2, 0) is 19.1 Å². The summed E-state index contributed by atoms with van der Waals surface area (Å²) in [5.41, 5.74) is 5.85. The standard InChI is InChI=1S/C22H20N2O7S/c1-3-28-21(26)16-15(13-8-6-10-31-13)17(22(27)29-4-2)20-24(18(16)23)19(25)14(32-20)11-12-7-5-9-30-12/h5-11,15H,3-4,23H2,1-2H3/t15-/m0/s1. The quantitative estimate of drug-likeness (QED) is 0.547. The van der Waals surface area contributed by atoms with Gasteiger partial charge in [-0.3, -0.25) is 9.36 Å². The molecule has 32 heavy (non-hydrogen) atoms. The van der Waals surface area contributed by atoms with Gasteiger partial charge in [0.2, 0.25) is 0 Å². The summed E-state index contributed by atoms with van der Waals surface area (Å²) < 4.78 is 23.0. The second kappa shape index (κ2) is 8.75. The summed E-state index contributed by atoms with van der Waals surface area (Å²) in [4.78, 5) is 39.2. The van der Waals surface area contributed by atoms with Crippen LogP contribution >= 0.6 is 11.3 Å². The molecule has 4 heterocycles. The van der Waals surface area contributed by atoms with E-state index in [4.69, 9.17) is 24.0 Å². The molecular formula is C22H20N2O7S. The Morgan fingerprint density at radius 2 is 1.75 bits per heavy atom. The number of hydrogen-bond acceptors (Lipinski definition) is 9. The number of aromatic nitrogens is 1. The first kappa shape index (κ1) is 21.4. The molecule has 3 aromatic rings. The number of ether oxygens (including phenoxy) is 2. The second-order valence-electron chi connectivity index (χ2n) is 6.67. The highest BCUT2D eigenvalue weighted by Crippen LogP contribution is 2.37. The van der Waals surface area contributed by atoms with E-state index in [0.29, 0.717) is 11.5 Å². The number of fused-ring (bicyclic) bond motifs is 1. The summed E-state index contributed by atoms with van der Waals surface area (Å²) >= 11 is 1.04. The number of carbonyl (C=O) groups excluding carboxylic acids is 2. The molecule has 0 spiro atoms. The summed E-state index contributed by atoms with van der Waals surface area (Å²) in [6.45, 7) is 3.49. The van der Waals surface area contributed by atoms with Crippen LogP contribution in [0, 0.1) is 0 Å². The summed E-state index contributed by atoms with van der Waals surface area (Å²) in [6, 6.07) is 6.62. The summed E-state index contributed by atoms with van der Waals surface area (Å²) in [5, 5.41) is 0. The van der Waals surface area contributed by atoms with E-state index in [2.05, 4.69) is 0 Å². The first-order valence-electron chi connectivity index (χ1n) is 9.86. The number of esters is 2.